The molecule has 1 aliphatic heterocycles. The SMILES string of the molecule is Cn1c(C(=O)O)cc2cc3c(cc21)OCC=C3. The Morgan fingerprint density at radius 3 is 3.00 bits per heavy atom. The zero-order chi connectivity index (χ0) is 12.0. The topological polar surface area (TPSA) is 51.5 Å². The van der Waals surface area contributed by atoms with Gasteiger partial charge in [0.25, 0.3) is 0 Å². The van der Waals surface area contributed by atoms with E-state index in [9.17, 15) is 4.79 Å². The van der Waals surface area contributed by atoms with Crippen LogP contribution in [0.1, 0.15) is 16.1 Å². The minimum Gasteiger partial charge on any atom is -0.489 e. The molecule has 2 aromatic rings. The fourth-order valence-electron chi connectivity index (χ4n) is 2.16. The van der Waals surface area contributed by atoms with Crippen LogP contribution < -0.4 is 4.74 Å². The highest BCUT2D eigenvalue weighted by Crippen LogP contribution is 2.30. The fraction of sp³-hybridized carbons (Fsp3) is 0.154. The molecule has 0 saturated heterocycles. The molecule has 1 aromatic carbocycles. The first-order valence-corrected chi connectivity index (χ1v) is 5.33. The lowest BCUT2D eigenvalue weighted by Crippen LogP contribution is -2.04. The van der Waals surface area contributed by atoms with Crippen molar-refractivity contribution in [3.63, 3.8) is 0 Å². The van der Waals surface area contributed by atoms with Crippen LogP contribution in [0.3, 0.4) is 0 Å². The molecule has 0 unspecified atom stereocenters. The second kappa shape index (κ2) is 3.38. The van der Waals surface area contributed by atoms with Gasteiger partial charge in [-0.05, 0) is 18.2 Å². The highest BCUT2D eigenvalue weighted by molar-refractivity contribution is 5.96. The standard InChI is InChI=1S/C13H11NO3/c1-14-10-7-12-8(3-2-4-17-12)5-9(10)6-11(14)13(15)16/h2-3,5-7H,4H2,1H3,(H,15,16). The van der Waals surface area contributed by atoms with Crippen molar-refractivity contribution < 1.29 is 14.6 Å². The maximum absolute atomic E-state index is 11.0. The van der Waals surface area contributed by atoms with E-state index < -0.39 is 5.97 Å². The summed E-state index contributed by atoms with van der Waals surface area (Å²) in [7, 11) is 1.75. The molecule has 0 radical (unpaired) electrons. The molecule has 0 saturated carbocycles. The summed E-state index contributed by atoms with van der Waals surface area (Å²) in [5, 5.41) is 9.98. The molecular weight excluding hydrogens is 218 g/mol. The Kier molecular flexibility index (Phi) is 1.98. The quantitative estimate of drug-likeness (QED) is 0.816. The molecule has 1 aliphatic rings. The van der Waals surface area contributed by atoms with Crippen LogP contribution in [0.15, 0.2) is 24.3 Å². The molecule has 0 fully saturated rings. The number of carbonyl (C=O) groups is 1. The maximum atomic E-state index is 11.0. The summed E-state index contributed by atoms with van der Waals surface area (Å²) in [5.74, 6) is -0.115. The van der Waals surface area contributed by atoms with Crippen LogP contribution in [0.25, 0.3) is 17.0 Å². The minimum absolute atomic E-state index is 0.284. The van der Waals surface area contributed by atoms with Crippen LogP contribution in [0.5, 0.6) is 5.75 Å². The van der Waals surface area contributed by atoms with Crippen LogP contribution in [0.4, 0.5) is 0 Å². The van der Waals surface area contributed by atoms with Crippen molar-refractivity contribution in [3.8, 4) is 5.75 Å². The van der Waals surface area contributed by atoms with E-state index in [1.165, 1.54) is 0 Å². The van der Waals surface area contributed by atoms with Gasteiger partial charge in [0.15, 0.2) is 0 Å². The Balaban J connectivity index is 2.31. The van der Waals surface area contributed by atoms with Gasteiger partial charge in [-0.3, -0.25) is 0 Å². The van der Waals surface area contributed by atoms with Gasteiger partial charge in [0.2, 0.25) is 0 Å². The summed E-state index contributed by atoms with van der Waals surface area (Å²) >= 11 is 0. The number of nitrogens with zero attached hydrogens (tertiary/aromatic N) is 1. The number of carboxylic acids is 1. The summed E-state index contributed by atoms with van der Waals surface area (Å²) in [6.07, 6.45) is 3.93. The number of aromatic nitrogens is 1. The van der Waals surface area contributed by atoms with Crippen molar-refractivity contribution in [1.82, 2.24) is 4.57 Å². The first kappa shape index (κ1) is 9.96. The third-order valence-corrected chi connectivity index (χ3v) is 3.03. The van der Waals surface area contributed by atoms with E-state index in [1.54, 1.807) is 17.7 Å². The van der Waals surface area contributed by atoms with Crippen molar-refractivity contribution in [2.45, 2.75) is 0 Å². The van der Waals surface area contributed by atoms with Crippen LogP contribution in [0, 0.1) is 0 Å². The molecule has 0 amide bonds. The Labute approximate surface area is 97.7 Å². The van der Waals surface area contributed by atoms with E-state index in [0.717, 1.165) is 22.2 Å². The van der Waals surface area contributed by atoms with Crippen LogP contribution in [-0.2, 0) is 7.05 Å². The lowest BCUT2D eigenvalue weighted by Gasteiger charge is -2.12. The van der Waals surface area contributed by atoms with Gasteiger partial charge in [-0.1, -0.05) is 6.08 Å². The molecule has 0 bridgehead atoms. The predicted molar refractivity (Wildman–Crippen MR) is 64.4 cm³/mol. The van der Waals surface area contributed by atoms with Gasteiger partial charge in [0, 0.05) is 24.1 Å². The Hall–Kier alpha value is -2.23. The lowest BCUT2D eigenvalue weighted by molar-refractivity contribution is 0.0687. The lowest BCUT2D eigenvalue weighted by atomic mass is 10.1. The Morgan fingerprint density at radius 2 is 2.24 bits per heavy atom. The largest absolute Gasteiger partial charge is 0.489 e. The molecule has 1 aromatic heterocycles. The first-order valence-electron chi connectivity index (χ1n) is 5.33. The van der Waals surface area contributed by atoms with Crippen LogP contribution in [-0.4, -0.2) is 22.2 Å². The first-order chi connectivity index (χ1) is 8.16. The Bertz CT molecular complexity index is 652. The summed E-state index contributed by atoms with van der Waals surface area (Å²) in [6.45, 7) is 0.564. The molecule has 4 heteroatoms. The molecule has 86 valence electrons. The van der Waals surface area contributed by atoms with E-state index >= 15 is 0 Å². The van der Waals surface area contributed by atoms with Crippen molar-refractivity contribution >= 4 is 22.9 Å². The molecule has 17 heavy (non-hydrogen) atoms. The van der Waals surface area contributed by atoms with Crippen LogP contribution >= 0.6 is 0 Å². The van der Waals surface area contributed by atoms with Gasteiger partial charge in [0.05, 0.1) is 5.52 Å². The Morgan fingerprint density at radius 1 is 1.41 bits per heavy atom. The highest BCUT2D eigenvalue weighted by atomic mass is 16.5. The number of rotatable bonds is 1. The number of aromatic carboxylic acids is 1. The maximum Gasteiger partial charge on any atom is 0.352 e. The predicted octanol–water partition coefficient (Wildman–Crippen LogP) is 2.28. The number of hydrogen-bond donors (Lipinski definition) is 1. The van der Waals surface area contributed by atoms with Gasteiger partial charge in [-0.15, -0.1) is 0 Å². The molecule has 4 nitrogen and oxygen atoms in total. The summed E-state index contributed by atoms with van der Waals surface area (Å²) in [5.41, 5.74) is 2.15. The van der Waals surface area contributed by atoms with E-state index in [0.29, 0.717) is 6.61 Å². The molecule has 2 heterocycles. The monoisotopic (exact) mass is 229 g/mol. The molecule has 1 N–H and O–H groups in total. The van der Waals surface area contributed by atoms with Gasteiger partial charge >= 0.3 is 5.97 Å². The van der Waals surface area contributed by atoms with E-state index in [-0.39, 0.29) is 5.69 Å². The summed E-state index contributed by atoms with van der Waals surface area (Å²) in [4.78, 5) is 11.0. The zero-order valence-electron chi connectivity index (χ0n) is 9.30. The third-order valence-electron chi connectivity index (χ3n) is 3.03. The van der Waals surface area contributed by atoms with Gasteiger partial charge in [-0.2, -0.15) is 0 Å². The molecule has 0 aliphatic carbocycles. The van der Waals surface area contributed by atoms with Gasteiger partial charge in [0.1, 0.15) is 18.1 Å². The van der Waals surface area contributed by atoms with Crippen molar-refractivity contribution in [3.05, 3.63) is 35.5 Å². The smallest absolute Gasteiger partial charge is 0.352 e. The number of benzene rings is 1. The molecular formula is C13H11NO3. The third kappa shape index (κ3) is 1.41. The van der Waals surface area contributed by atoms with Crippen molar-refractivity contribution in [2.24, 2.45) is 7.05 Å². The highest BCUT2D eigenvalue weighted by Gasteiger charge is 2.15. The van der Waals surface area contributed by atoms with Crippen molar-refractivity contribution in [1.29, 1.82) is 0 Å². The number of ether oxygens (including phenoxy) is 1. The summed E-state index contributed by atoms with van der Waals surface area (Å²) in [6, 6.07) is 5.52. The van der Waals surface area contributed by atoms with E-state index in [2.05, 4.69) is 0 Å². The number of fused-ring (bicyclic) bond motifs is 2. The average molecular weight is 229 g/mol. The van der Waals surface area contributed by atoms with Gasteiger partial charge < -0.3 is 14.4 Å². The van der Waals surface area contributed by atoms with E-state index in [4.69, 9.17) is 9.84 Å². The van der Waals surface area contributed by atoms with Crippen molar-refractivity contribution in [2.75, 3.05) is 6.61 Å². The molecule has 3 rings (SSSR count). The van der Waals surface area contributed by atoms with Gasteiger partial charge in [-0.25, -0.2) is 4.79 Å². The summed E-state index contributed by atoms with van der Waals surface area (Å²) < 4.78 is 7.18. The number of carboxylic acid groups (broad SMARTS) is 1. The average Bonchev–Trinajstić information content (AvgIpc) is 2.64. The normalized spacial score (nSPS) is 13.5. The number of aryl methyl sites for hydroxylation is 1. The second-order valence-electron chi connectivity index (χ2n) is 4.06. The zero-order valence-corrected chi connectivity index (χ0v) is 9.30. The second-order valence-corrected chi connectivity index (χ2v) is 4.06. The van der Waals surface area contributed by atoms with Crippen LogP contribution in [0.2, 0.25) is 0 Å². The molecule has 0 atom stereocenters. The van der Waals surface area contributed by atoms with E-state index in [1.807, 2.05) is 24.3 Å². The number of hydrogen-bond acceptors (Lipinski definition) is 2. The minimum atomic E-state index is -0.918. The molecule has 0 spiro atoms. The fourth-order valence-corrected chi connectivity index (χ4v) is 2.16.